The number of nitrogens with zero attached hydrogens (tertiary/aromatic N) is 2. The fourth-order valence-corrected chi connectivity index (χ4v) is 3.56. The van der Waals surface area contributed by atoms with E-state index in [9.17, 15) is 9.59 Å². The zero-order valence-electron chi connectivity index (χ0n) is 19.1. The summed E-state index contributed by atoms with van der Waals surface area (Å²) in [5, 5.41) is 7.70. The number of amides is 1. The van der Waals surface area contributed by atoms with Gasteiger partial charge in [0.2, 0.25) is 0 Å². The lowest BCUT2D eigenvalue weighted by Crippen LogP contribution is -2.28. The van der Waals surface area contributed by atoms with Crippen LogP contribution in [0.3, 0.4) is 0 Å². The number of aryl methyl sites for hydroxylation is 1. The zero-order chi connectivity index (χ0) is 23.8. The molecule has 4 aromatic rings. The van der Waals surface area contributed by atoms with Gasteiger partial charge in [-0.2, -0.15) is 5.10 Å². The molecule has 4 rings (SSSR count). The SMILES string of the molecule is CC(=O)CCc1ccc(OCC(=O)NCc2cn(-c3ccccc3)nc2-c2ccccc2)cc1. The van der Waals surface area contributed by atoms with E-state index >= 15 is 0 Å². The summed E-state index contributed by atoms with van der Waals surface area (Å²) >= 11 is 0. The van der Waals surface area contributed by atoms with E-state index < -0.39 is 0 Å². The molecule has 1 amide bonds. The van der Waals surface area contributed by atoms with Gasteiger partial charge in [-0.05, 0) is 43.2 Å². The standard InChI is InChI=1S/C28H27N3O3/c1-21(32)12-13-22-14-16-26(17-15-22)34-20-27(33)29-18-24-19-31(25-10-6-3-7-11-25)30-28(24)23-8-4-2-5-9-23/h2-11,14-17,19H,12-13,18,20H2,1H3,(H,29,33). The number of benzene rings is 3. The van der Waals surface area contributed by atoms with Crippen LogP contribution >= 0.6 is 0 Å². The van der Waals surface area contributed by atoms with Gasteiger partial charge in [-0.1, -0.05) is 60.7 Å². The van der Waals surface area contributed by atoms with Gasteiger partial charge in [0.25, 0.3) is 5.91 Å². The Kier molecular flexibility index (Phi) is 7.50. The van der Waals surface area contributed by atoms with Gasteiger partial charge in [-0.3, -0.25) is 4.79 Å². The molecule has 6 heteroatoms. The lowest BCUT2D eigenvalue weighted by Gasteiger charge is -2.08. The Morgan fingerprint density at radius 1 is 0.912 bits per heavy atom. The van der Waals surface area contributed by atoms with E-state index in [1.54, 1.807) is 6.92 Å². The number of rotatable bonds is 10. The summed E-state index contributed by atoms with van der Waals surface area (Å²) in [6.45, 7) is 1.84. The minimum atomic E-state index is -0.216. The van der Waals surface area contributed by atoms with Crippen LogP contribution in [-0.2, 0) is 22.6 Å². The van der Waals surface area contributed by atoms with Crippen LogP contribution < -0.4 is 10.1 Å². The maximum atomic E-state index is 12.5. The second-order valence-corrected chi connectivity index (χ2v) is 8.06. The maximum absolute atomic E-state index is 12.5. The summed E-state index contributed by atoms with van der Waals surface area (Å²) < 4.78 is 7.45. The molecule has 172 valence electrons. The van der Waals surface area contributed by atoms with Crippen molar-refractivity contribution in [2.75, 3.05) is 6.61 Å². The van der Waals surface area contributed by atoms with Crippen LogP contribution in [0.4, 0.5) is 0 Å². The third-order valence-electron chi connectivity index (χ3n) is 5.39. The highest BCUT2D eigenvalue weighted by atomic mass is 16.5. The third-order valence-corrected chi connectivity index (χ3v) is 5.39. The molecule has 0 fully saturated rings. The molecule has 1 aromatic heterocycles. The molecule has 0 spiro atoms. The summed E-state index contributed by atoms with van der Waals surface area (Å²) in [4.78, 5) is 23.6. The van der Waals surface area contributed by atoms with Crippen LogP contribution in [-0.4, -0.2) is 28.1 Å². The van der Waals surface area contributed by atoms with Gasteiger partial charge >= 0.3 is 0 Å². The fraction of sp³-hybridized carbons (Fsp3) is 0.179. The van der Waals surface area contributed by atoms with Crippen molar-refractivity contribution in [3.8, 4) is 22.7 Å². The Morgan fingerprint density at radius 3 is 2.26 bits per heavy atom. The van der Waals surface area contributed by atoms with Gasteiger partial charge in [0.15, 0.2) is 6.61 Å². The first kappa shape index (κ1) is 23.0. The highest BCUT2D eigenvalue weighted by Gasteiger charge is 2.13. The fourth-order valence-electron chi connectivity index (χ4n) is 3.56. The van der Waals surface area contributed by atoms with E-state index in [1.165, 1.54) is 0 Å². The molecule has 1 heterocycles. The van der Waals surface area contributed by atoms with E-state index in [0.717, 1.165) is 28.1 Å². The lowest BCUT2D eigenvalue weighted by molar-refractivity contribution is -0.123. The molecule has 0 unspecified atom stereocenters. The van der Waals surface area contributed by atoms with E-state index in [1.807, 2.05) is 95.8 Å². The predicted octanol–water partition coefficient (Wildman–Crippen LogP) is 4.76. The molecule has 0 saturated heterocycles. The molecular weight excluding hydrogens is 426 g/mol. The first-order valence-electron chi connectivity index (χ1n) is 11.3. The first-order valence-corrected chi connectivity index (χ1v) is 11.3. The van der Waals surface area contributed by atoms with Crippen molar-refractivity contribution in [3.05, 3.63) is 102 Å². The molecule has 0 aliphatic heterocycles. The summed E-state index contributed by atoms with van der Waals surface area (Å²) in [6, 6.07) is 27.3. The van der Waals surface area contributed by atoms with Crippen molar-refractivity contribution in [1.29, 1.82) is 0 Å². The van der Waals surface area contributed by atoms with Crippen molar-refractivity contribution in [1.82, 2.24) is 15.1 Å². The summed E-state index contributed by atoms with van der Waals surface area (Å²) in [6.07, 6.45) is 3.17. The monoisotopic (exact) mass is 453 g/mol. The molecule has 6 nitrogen and oxygen atoms in total. The van der Waals surface area contributed by atoms with Crippen LogP contribution in [0.1, 0.15) is 24.5 Å². The normalized spacial score (nSPS) is 10.6. The van der Waals surface area contributed by atoms with E-state index in [2.05, 4.69) is 5.32 Å². The number of carbonyl (C=O) groups is 2. The highest BCUT2D eigenvalue weighted by molar-refractivity contribution is 5.78. The number of Topliss-reactive ketones (excluding diaryl/α,β-unsaturated/α-hetero) is 1. The van der Waals surface area contributed by atoms with Crippen molar-refractivity contribution in [3.63, 3.8) is 0 Å². The van der Waals surface area contributed by atoms with Gasteiger partial charge in [0.1, 0.15) is 11.5 Å². The number of ether oxygens (including phenoxy) is 1. The number of nitrogens with one attached hydrogen (secondary N) is 1. The summed E-state index contributed by atoms with van der Waals surface area (Å²) in [5.74, 6) is 0.567. The average molecular weight is 454 g/mol. The van der Waals surface area contributed by atoms with Gasteiger partial charge in [0.05, 0.1) is 11.4 Å². The maximum Gasteiger partial charge on any atom is 0.258 e. The Morgan fingerprint density at radius 2 is 1.59 bits per heavy atom. The van der Waals surface area contributed by atoms with Crippen molar-refractivity contribution < 1.29 is 14.3 Å². The van der Waals surface area contributed by atoms with E-state index in [4.69, 9.17) is 9.84 Å². The second kappa shape index (κ2) is 11.1. The molecule has 0 radical (unpaired) electrons. The van der Waals surface area contributed by atoms with Crippen molar-refractivity contribution in [2.45, 2.75) is 26.3 Å². The Bertz CT molecular complexity index is 1230. The topological polar surface area (TPSA) is 73.2 Å². The van der Waals surface area contributed by atoms with Crippen molar-refractivity contribution in [2.24, 2.45) is 0 Å². The van der Waals surface area contributed by atoms with Crippen LogP contribution in [0.5, 0.6) is 5.75 Å². The number of aromatic nitrogens is 2. The number of para-hydroxylation sites is 1. The first-order chi connectivity index (χ1) is 16.6. The van der Waals surface area contributed by atoms with Gasteiger partial charge < -0.3 is 14.8 Å². The summed E-state index contributed by atoms with van der Waals surface area (Å²) in [5.41, 5.74) is 4.75. The Hall–Kier alpha value is -4.19. The number of hydrogen-bond donors (Lipinski definition) is 1. The highest BCUT2D eigenvalue weighted by Crippen LogP contribution is 2.23. The van der Waals surface area contributed by atoms with Crippen LogP contribution in [0.15, 0.2) is 91.1 Å². The van der Waals surface area contributed by atoms with E-state index in [-0.39, 0.29) is 18.3 Å². The molecule has 1 N–H and O–H groups in total. The molecule has 0 bridgehead atoms. The van der Waals surface area contributed by atoms with Crippen LogP contribution in [0.25, 0.3) is 16.9 Å². The molecule has 3 aromatic carbocycles. The molecule has 0 saturated carbocycles. The molecule has 0 aliphatic rings. The molecule has 0 atom stereocenters. The van der Waals surface area contributed by atoms with Gasteiger partial charge in [-0.15, -0.1) is 0 Å². The van der Waals surface area contributed by atoms with Gasteiger partial charge in [-0.25, -0.2) is 4.68 Å². The van der Waals surface area contributed by atoms with Gasteiger partial charge in [0, 0.05) is 30.3 Å². The lowest BCUT2D eigenvalue weighted by atomic mass is 10.1. The molecule has 0 aliphatic carbocycles. The number of ketones is 1. The third kappa shape index (κ3) is 6.19. The number of hydrogen-bond acceptors (Lipinski definition) is 4. The largest absolute Gasteiger partial charge is 0.484 e. The zero-order valence-corrected chi connectivity index (χ0v) is 19.1. The number of carbonyl (C=O) groups excluding carboxylic acids is 2. The Labute approximate surface area is 199 Å². The summed E-state index contributed by atoms with van der Waals surface area (Å²) in [7, 11) is 0. The van der Waals surface area contributed by atoms with Crippen LogP contribution in [0.2, 0.25) is 0 Å². The quantitative estimate of drug-likeness (QED) is 0.376. The molecular formula is C28H27N3O3. The predicted molar refractivity (Wildman–Crippen MR) is 132 cm³/mol. The Balaban J connectivity index is 1.38. The molecule has 34 heavy (non-hydrogen) atoms. The van der Waals surface area contributed by atoms with E-state index in [0.29, 0.717) is 25.1 Å². The second-order valence-electron chi connectivity index (χ2n) is 8.06. The van der Waals surface area contributed by atoms with Crippen LogP contribution in [0, 0.1) is 0 Å². The smallest absolute Gasteiger partial charge is 0.258 e. The minimum Gasteiger partial charge on any atom is -0.484 e. The van der Waals surface area contributed by atoms with Crippen molar-refractivity contribution >= 4 is 11.7 Å². The minimum absolute atomic E-state index is 0.0831. The average Bonchev–Trinajstić information content (AvgIpc) is 3.31.